The molecule has 2 rings (SSSR count). The van der Waals surface area contributed by atoms with Gasteiger partial charge in [0.1, 0.15) is 0 Å². The van der Waals surface area contributed by atoms with Gasteiger partial charge in [-0.15, -0.1) is 11.8 Å². The summed E-state index contributed by atoms with van der Waals surface area (Å²) in [7, 11) is 3.18. The number of carbonyl (C=O) groups is 1. The van der Waals surface area contributed by atoms with Gasteiger partial charge in [0.15, 0.2) is 11.5 Å². The summed E-state index contributed by atoms with van der Waals surface area (Å²) in [6.07, 6.45) is 2.00. The molecule has 0 unspecified atom stereocenters. The van der Waals surface area contributed by atoms with E-state index >= 15 is 0 Å². The minimum absolute atomic E-state index is 0.113. The number of benzene rings is 2. The van der Waals surface area contributed by atoms with E-state index in [0.717, 1.165) is 10.5 Å². The molecule has 116 valence electrons. The van der Waals surface area contributed by atoms with Crippen LogP contribution < -0.4 is 14.8 Å². The quantitative estimate of drug-likeness (QED) is 0.830. The molecule has 0 heterocycles. The van der Waals surface area contributed by atoms with Crippen LogP contribution in [0.2, 0.25) is 0 Å². The highest BCUT2D eigenvalue weighted by Gasteiger charge is 2.11. The van der Waals surface area contributed by atoms with Crippen molar-refractivity contribution in [3.63, 3.8) is 0 Å². The normalized spacial score (nSPS) is 10.1. The second-order valence-electron chi connectivity index (χ2n) is 4.56. The number of hydrogen-bond acceptors (Lipinski definition) is 4. The van der Waals surface area contributed by atoms with Crippen LogP contribution >= 0.6 is 11.8 Å². The number of carbonyl (C=O) groups excluding carboxylic acids is 1. The molecule has 0 aromatic heterocycles. The molecule has 0 fully saturated rings. The molecule has 4 nitrogen and oxygen atoms in total. The van der Waals surface area contributed by atoms with Gasteiger partial charge in [-0.1, -0.05) is 12.1 Å². The van der Waals surface area contributed by atoms with E-state index < -0.39 is 0 Å². The molecule has 1 N–H and O–H groups in total. The monoisotopic (exact) mass is 317 g/mol. The van der Waals surface area contributed by atoms with E-state index in [1.54, 1.807) is 26.0 Å². The number of amides is 1. The van der Waals surface area contributed by atoms with Crippen LogP contribution in [-0.2, 0) is 6.54 Å². The molecular weight excluding hydrogens is 298 g/mol. The molecule has 0 saturated heterocycles. The first-order valence-corrected chi connectivity index (χ1v) is 8.04. The minimum Gasteiger partial charge on any atom is -0.493 e. The lowest BCUT2D eigenvalue weighted by Gasteiger charge is -2.13. The standard InChI is InChI=1S/C17H19NO3S/c1-20-15-6-4-5-13(16(15)21-2)11-18-17(19)12-7-9-14(22-3)10-8-12/h4-10H,11H2,1-3H3,(H,18,19). The van der Waals surface area contributed by atoms with E-state index in [9.17, 15) is 4.79 Å². The third-order valence-corrected chi connectivity index (χ3v) is 4.02. The maximum absolute atomic E-state index is 12.2. The van der Waals surface area contributed by atoms with Crippen LogP contribution in [0.5, 0.6) is 11.5 Å². The summed E-state index contributed by atoms with van der Waals surface area (Å²) in [4.78, 5) is 13.3. The Labute approximate surface area is 134 Å². The largest absolute Gasteiger partial charge is 0.493 e. The van der Waals surface area contributed by atoms with Crippen molar-refractivity contribution in [1.82, 2.24) is 5.32 Å². The Morgan fingerprint density at radius 2 is 1.82 bits per heavy atom. The van der Waals surface area contributed by atoms with Crippen LogP contribution in [0.4, 0.5) is 0 Å². The number of nitrogens with one attached hydrogen (secondary N) is 1. The van der Waals surface area contributed by atoms with E-state index in [2.05, 4.69) is 5.32 Å². The third kappa shape index (κ3) is 3.74. The van der Waals surface area contributed by atoms with Crippen LogP contribution in [0.1, 0.15) is 15.9 Å². The lowest BCUT2D eigenvalue weighted by atomic mass is 10.1. The van der Waals surface area contributed by atoms with Crippen LogP contribution in [0.25, 0.3) is 0 Å². The van der Waals surface area contributed by atoms with Gasteiger partial charge in [0.25, 0.3) is 5.91 Å². The maximum atomic E-state index is 12.2. The van der Waals surface area contributed by atoms with E-state index in [4.69, 9.17) is 9.47 Å². The van der Waals surface area contributed by atoms with Crippen molar-refractivity contribution in [2.75, 3.05) is 20.5 Å². The first-order valence-electron chi connectivity index (χ1n) is 6.81. The smallest absolute Gasteiger partial charge is 0.251 e. The average molecular weight is 317 g/mol. The average Bonchev–Trinajstić information content (AvgIpc) is 2.59. The molecule has 1 amide bonds. The maximum Gasteiger partial charge on any atom is 0.251 e. The van der Waals surface area contributed by atoms with Gasteiger partial charge in [0.05, 0.1) is 14.2 Å². The van der Waals surface area contributed by atoms with E-state index in [1.807, 2.05) is 48.7 Å². The highest BCUT2D eigenvalue weighted by molar-refractivity contribution is 7.98. The highest BCUT2D eigenvalue weighted by Crippen LogP contribution is 2.30. The van der Waals surface area contributed by atoms with Crippen molar-refractivity contribution in [2.24, 2.45) is 0 Å². The Morgan fingerprint density at radius 1 is 1.09 bits per heavy atom. The second-order valence-corrected chi connectivity index (χ2v) is 5.44. The lowest BCUT2D eigenvalue weighted by Crippen LogP contribution is -2.23. The fraction of sp³-hybridized carbons (Fsp3) is 0.235. The fourth-order valence-corrected chi connectivity index (χ4v) is 2.52. The number of methoxy groups -OCH3 is 2. The van der Waals surface area contributed by atoms with Crippen molar-refractivity contribution in [3.05, 3.63) is 53.6 Å². The van der Waals surface area contributed by atoms with E-state index in [-0.39, 0.29) is 5.91 Å². The van der Waals surface area contributed by atoms with Crippen LogP contribution in [0, 0.1) is 0 Å². The molecule has 0 aliphatic heterocycles. The van der Waals surface area contributed by atoms with Gasteiger partial charge in [-0.05, 0) is 36.6 Å². The third-order valence-electron chi connectivity index (χ3n) is 3.28. The lowest BCUT2D eigenvalue weighted by molar-refractivity contribution is 0.0950. The fourth-order valence-electron chi connectivity index (χ4n) is 2.11. The number of thioether (sulfide) groups is 1. The summed E-state index contributed by atoms with van der Waals surface area (Å²) in [6, 6.07) is 13.1. The first kappa shape index (κ1) is 16.2. The van der Waals surface area contributed by atoms with E-state index in [1.165, 1.54) is 0 Å². The van der Waals surface area contributed by atoms with Crippen molar-refractivity contribution in [2.45, 2.75) is 11.4 Å². The van der Waals surface area contributed by atoms with Crippen LogP contribution in [0.3, 0.4) is 0 Å². The summed E-state index contributed by atoms with van der Waals surface area (Å²) in [5.74, 6) is 1.18. The molecule has 0 aliphatic rings. The number of ether oxygens (including phenoxy) is 2. The van der Waals surface area contributed by atoms with Crippen molar-refractivity contribution in [3.8, 4) is 11.5 Å². The molecular formula is C17H19NO3S. The molecule has 22 heavy (non-hydrogen) atoms. The number of hydrogen-bond donors (Lipinski definition) is 1. The van der Waals surface area contributed by atoms with Gasteiger partial charge < -0.3 is 14.8 Å². The molecule has 0 bridgehead atoms. The zero-order chi connectivity index (χ0) is 15.9. The molecule has 0 radical (unpaired) electrons. The minimum atomic E-state index is -0.113. The first-order chi connectivity index (χ1) is 10.7. The summed E-state index contributed by atoms with van der Waals surface area (Å²) >= 11 is 1.65. The van der Waals surface area contributed by atoms with Crippen molar-refractivity contribution >= 4 is 17.7 Å². The van der Waals surface area contributed by atoms with Crippen LogP contribution in [0.15, 0.2) is 47.4 Å². The Kier molecular flexibility index (Phi) is 5.72. The van der Waals surface area contributed by atoms with E-state index in [0.29, 0.717) is 23.6 Å². The van der Waals surface area contributed by atoms with Gasteiger partial charge in [0, 0.05) is 22.6 Å². The zero-order valence-electron chi connectivity index (χ0n) is 12.9. The molecule has 0 aliphatic carbocycles. The zero-order valence-corrected chi connectivity index (χ0v) is 13.7. The number of rotatable bonds is 6. The Hall–Kier alpha value is -2.14. The topological polar surface area (TPSA) is 47.6 Å². The van der Waals surface area contributed by atoms with Gasteiger partial charge in [-0.2, -0.15) is 0 Å². The van der Waals surface area contributed by atoms with Gasteiger partial charge in [-0.25, -0.2) is 0 Å². The summed E-state index contributed by atoms with van der Waals surface area (Å²) in [6.45, 7) is 0.378. The Morgan fingerprint density at radius 3 is 2.41 bits per heavy atom. The predicted molar refractivity (Wildman–Crippen MR) is 88.9 cm³/mol. The summed E-state index contributed by atoms with van der Waals surface area (Å²) in [5.41, 5.74) is 1.51. The summed E-state index contributed by atoms with van der Waals surface area (Å²) in [5, 5.41) is 2.90. The Bertz CT molecular complexity index is 641. The van der Waals surface area contributed by atoms with Crippen molar-refractivity contribution < 1.29 is 14.3 Å². The second kappa shape index (κ2) is 7.75. The SMILES string of the molecule is COc1cccc(CNC(=O)c2ccc(SC)cc2)c1OC. The van der Waals surface area contributed by atoms with Crippen LogP contribution in [-0.4, -0.2) is 26.4 Å². The predicted octanol–water partition coefficient (Wildman–Crippen LogP) is 3.36. The van der Waals surface area contributed by atoms with Gasteiger partial charge >= 0.3 is 0 Å². The molecule has 2 aromatic rings. The molecule has 5 heteroatoms. The molecule has 0 spiro atoms. The summed E-state index contributed by atoms with van der Waals surface area (Å²) < 4.78 is 10.6. The van der Waals surface area contributed by atoms with Gasteiger partial charge in [0.2, 0.25) is 0 Å². The molecule has 2 aromatic carbocycles. The van der Waals surface area contributed by atoms with Crippen molar-refractivity contribution in [1.29, 1.82) is 0 Å². The highest BCUT2D eigenvalue weighted by atomic mass is 32.2. The number of para-hydroxylation sites is 1. The molecule has 0 atom stereocenters. The molecule has 0 saturated carbocycles. The van der Waals surface area contributed by atoms with Gasteiger partial charge in [-0.3, -0.25) is 4.79 Å². The Balaban J connectivity index is 2.07.